The molecule has 1 aliphatic rings. The van der Waals surface area contributed by atoms with Gasteiger partial charge in [-0.2, -0.15) is 5.10 Å². The van der Waals surface area contributed by atoms with Crippen molar-refractivity contribution in [1.29, 1.82) is 0 Å². The van der Waals surface area contributed by atoms with Gasteiger partial charge in [0.15, 0.2) is 0 Å². The van der Waals surface area contributed by atoms with Crippen LogP contribution in [-0.4, -0.2) is 21.7 Å². The first-order chi connectivity index (χ1) is 9.56. The molecule has 0 spiro atoms. The van der Waals surface area contributed by atoms with Crippen molar-refractivity contribution < 1.29 is 9.59 Å². The maximum atomic E-state index is 12.4. The van der Waals surface area contributed by atoms with Gasteiger partial charge < -0.3 is 11.1 Å². The van der Waals surface area contributed by atoms with Crippen molar-refractivity contribution >= 4 is 23.3 Å². The van der Waals surface area contributed by atoms with Gasteiger partial charge in [-0.05, 0) is 18.2 Å². The summed E-state index contributed by atoms with van der Waals surface area (Å²) in [6, 6.07) is 5.47. The minimum atomic E-state index is -0.711. The molecule has 1 aromatic heterocycles. The fourth-order valence-electron chi connectivity index (χ4n) is 2.20. The van der Waals surface area contributed by atoms with Crippen LogP contribution in [0.3, 0.4) is 0 Å². The second-order valence-electron chi connectivity index (χ2n) is 4.60. The molecule has 2 heterocycles. The summed E-state index contributed by atoms with van der Waals surface area (Å²) in [5.74, 6) is -0.339. The van der Waals surface area contributed by atoms with Crippen molar-refractivity contribution in [2.75, 3.05) is 10.6 Å². The first-order valence-electron chi connectivity index (χ1n) is 6.05. The molecule has 102 valence electrons. The number of imide groups is 1. The van der Waals surface area contributed by atoms with Crippen LogP contribution in [0, 0.1) is 0 Å². The highest BCUT2D eigenvalue weighted by Crippen LogP contribution is 2.27. The van der Waals surface area contributed by atoms with Gasteiger partial charge in [0.05, 0.1) is 11.9 Å². The standard InChI is InChI=1S/C13H13N5O2/c1-17-7-8(6-15-17)11-12(19)18(13(20)16-11)10-4-2-3-9(14)5-10/h2-7,11H,14H2,1H3,(H,16,20). The fourth-order valence-corrected chi connectivity index (χ4v) is 2.20. The van der Waals surface area contributed by atoms with Crippen LogP contribution >= 0.6 is 0 Å². The smallest absolute Gasteiger partial charge is 0.329 e. The molecule has 3 rings (SSSR count). The summed E-state index contributed by atoms with van der Waals surface area (Å²) in [6.45, 7) is 0. The minimum Gasteiger partial charge on any atom is -0.399 e. The molecule has 7 heteroatoms. The number of nitrogens with two attached hydrogens (primary N) is 1. The first-order valence-corrected chi connectivity index (χ1v) is 6.05. The van der Waals surface area contributed by atoms with E-state index in [-0.39, 0.29) is 5.91 Å². The third kappa shape index (κ3) is 1.89. The number of urea groups is 1. The van der Waals surface area contributed by atoms with Crippen LogP contribution in [0.4, 0.5) is 16.2 Å². The van der Waals surface area contributed by atoms with E-state index < -0.39 is 12.1 Å². The Bertz CT molecular complexity index is 694. The van der Waals surface area contributed by atoms with Gasteiger partial charge in [-0.1, -0.05) is 6.07 Å². The highest BCUT2D eigenvalue weighted by atomic mass is 16.2. The van der Waals surface area contributed by atoms with Crippen LogP contribution in [-0.2, 0) is 11.8 Å². The number of nitrogens with zero attached hydrogens (tertiary/aromatic N) is 3. The second-order valence-corrected chi connectivity index (χ2v) is 4.60. The number of aryl methyl sites for hydroxylation is 1. The number of rotatable bonds is 2. The van der Waals surface area contributed by atoms with Gasteiger partial charge in [-0.15, -0.1) is 0 Å². The molecule has 1 aromatic carbocycles. The maximum Gasteiger partial charge on any atom is 0.329 e. The molecule has 3 amide bonds. The molecule has 0 bridgehead atoms. The van der Waals surface area contributed by atoms with Crippen LogP contribution in [0.25, 0.3) is 0 Å². The number of aromatic nitrogens is 2. The summed E-state index contributed by atoms with van der Waals surface area (Å²) in [6.07, 6.45) is 3.26. The summed E-state index contributed by atoms with van der Waals surface area (Å²) in [5.41, 5.74) is 7.28. The van der Waals surface area contributed by atoms with Crippen molar-refractivity contribution in [2.45, 2.75) is 6.04 Å². The Morgan fingerprint density at radius 1 is 1.35 bits per heavy atom. The lowest BCUT2D eigenvalue weighted by molar-refractivity contribution is -0.118. The van der Waals surface area contributed by atoms with E-state index in [1.54, 1.807) is 48.4 Å². The molecule has 0 saturated carbocycles. The van der Waals surface area contributed by atoms with E-state index in [1.165, 1.54) is 0 Å². The highest BCUT2D eigenvalue weighted by Gasteiger charge is 2.40. The average molecular weight is 271 g/mol. The van der Waals surface area contributed by atoms with Gasteiger partial charge in [-0.3, -0.25) is 9.48 Å². The fraction of sp³-hybridized carbons (Fsp3) is 0.154. The number of hydrogen-bond acceptors (Lipinski definition) is 4. The zero-order chi connectivity index (χ0) is 14.3. The quantitative estimate of drug-likeness (QED) is 0.624. The van der Waals surface area contributed by atoms with E-state index in [1.807, 2.05) is 0 Å². The zero-order valence-electron chi connectivity index (χ0n) is 10.8. The Balaban J connectivity index is 1.95. The number of benzene rings is 1. The lowest BCUT2D eigenvalue weighted by Crippen LogP contribution is -2.30. The Kier molecular flexibility index (Phi) is 2.67. The van der Waals surface area contributed by atoms with Gasteiger partial charge in [0.25, 0.3) is 5.91 Å². The van der Waals surface area contributed by atoms with Gasteiger partial charge in [0.2, 0.25) is 0 Å². The van der Waals surface area contributed by atoms with E-state index in [0.717, 1.165) is 4.90 Å². The lowest BCUT2D eigenvalue weighted by Gasteiger charge is -2.13. The number of amides is 3. The summed E-state index contributed by atoms with van der Waals surface area (Å²) >= 11 is 0. The number of carbonyl (C=O) groups is 2. The minimum absolute atomic E-state index is 0.339. The number of nitrogen functional groups attached to an aromatic ring is 1. The lowest BCUT2D eigenvalue weighted by atomic mass is 10.1. The van der Waals surface area contributed by atoms with Crippen molar-refractivity contribution in [3.05, 3.63) is 42.2 Å². The Morgan fingerprint density at radius 3 is 2.80 bits per heavy atom. The summed E-state index contributed by atoms with van der Waals surface area (Å²) in [4.78, 5) is 25.5. The summed E-state index contributed by atoms with van der Waals surface area (Å²) < 4.78 is 1.58. The first kappa shape index (κ1) is 12.2. The van der Waals surface area contributed by atoms with Gasteiger partial charge in [0.1, 0.15) is 6.04 Å². The molecule has 2 aromatic rings. The zero-order valence-corrected chi connectivity index (χ0v) is 10.8. The molecule has 3 N–H and O–H groups in total. The van der Waals surface area contributed by atoms with Crippen LogP contribution in [0.5, 0.6) is 0 Å². The van der Waals surface area contributed by atoms with Crippen LogP contribution in [0.1, 0.15) is 11.6 Å². The highest BCUT2D eigenvalue weighted by molar-refractivity contribution is 6.21. The topological polar surface area (TPSA) is 93.3 Å². The average Bonchev–Trinajstić information content (AvgIpc) is 2.93. The van der Waals surface area contributed by atoms with E-state index in [9.17, 15) is 9.59 Å². The molecule has 0 aliphatic carbocycles. The normalized spacial score (nSPS) is 18.4. The van der Waals surface area contributed by atoms with E-state index in [0.29, 0.717) is 16.9 Å². The van der Waals surface area contributed by atoms with Crippen molar-refractivity contribution in [3.8, 4) is 0 Å². The molecule has 20 heavy (non-hydrogen) atoms. The molecule has 1 atom stereocenters. The van der Waals surface area contributed by atoms with Gasteiger partial charge in [0, 0.05) is 24.5 Å². The predicted molar refractivity (Wildman–Crippen MR) is 72.8 cm³/mol. The molecule has 1 saturated heterocycles. The van der Waals surface area contributed by atoms with Crippen LogP contribution < -0.4 is 16.0 Å². The Morgan fingerprint density at radius 2 is 2.15 bits per heavy atom. The molecular formula is C13H13N5O2. The van der Waals surface area contributed by atoms with E-state index >= 15 is 0 Å². The molecule has 1 fully saturated rings. The number of anilines is 2. The molecule has 1 unspecified atom stereocenters. The molecule has 7 nitrogen and oxygen atoms in total. The molecule has 0 radical (unpaired) electrons. The molecular weight excluding hydrogens is 258 g/mol. The van der Waals surface area contributed by atoms with Gasteiger partial charge >= 0.3 is 6.03 Å². The summed E-state index contributed by atoms with van der Waals surface area (Å²) in [7, 11) is 1.75. The SMILES string of the molecule is Cn1cc(C2NC(=O)N(c3cccc(N)c3)C2=O)cn1. The summed E-state index contributed by atoms with van der Waals surface area (Å²) in [5, 5.41) is 6.65. The number of nitrogens with one attached hydrogen (secondary N) is 1. The maximum absolute atomic E-state index is 12.4. The van der Waals surface area contributed by atoms with Crippen molar-refractivity contribution in [2.24, 2.45) is 7.05 Å². The third-order valence-electron chi connectivity index (χ3n) is 3.12. The second kappa shape index (κ2) is 4.37. The number of hydrogen-bond donors (Lipinski definition) is 2. The predicted octanol–water partition coefficient (Wildman–Crippen LogP) is 0.800. The van der Waals surface area contributed by atoms with E-state index in [2.05, 4.69) is 10.4 Å². The Hall–Kier alpha value is -2.83. The third-order valence-corrected chi connectivity index (χ3v) is 3.12. The van der Waals surface area contributed by atoms with Gasteiger partial charge in [-0.25, -0.2) is 9.69 Å². The number of carbonyl (C=O) groups excluding carboxylic acids is 2. The molecule has 1 aliphatic heterocycles. The Labute approximate surface area is 115 Å². The van der Waals surface area contributed by atoms with Crippen LogP contribution in [0.2, 0.25) is 0 Å². The van der Waals surface area contributed by atoms with E-state index in [4.69, 9.17) is 5.73 Å². The largest absolute Gasteiger partial charge is 0.399 e. The van der Waals surface area contributed by atoms with Crippen molar-refractivity contribution in [3.63, 3.8) is 0 Å². The van der Waals surface area contributed by atoms with Crippen molar-refractivity contribution in [1.82, 2.24) is 15.1 Å². The monoisotopic (exact) mass is 271 g/mol. The van der Waals surface area contributed by atoms with Crippen LogP contribution in [0.15, 0.2) is 36.7 Å².